The highest BCUT2D eigenvalue weighted by Gasteiger charge is 2.21. The number of rotatable bonds is 2. The molecule has 4 heteroatoms. The molecule has 16 heavy (non-hydrogen) atoms. The number of nitrogens with zero attached hydrogens (tertiary/aromatic N) is 1. The number of hydrogen-bond donors (Lipinski definition) is 1. The van der Waals surface area contributed by atoms with E-state index < -0.39 is 0 Å². The summed E-state index contributed by atoms with van der Waals surface area (Å²) in [5.41, 5.74) is 2.28. The number of nitrogens with one attached hydrogen (secondary N) is 1. The lowest BCUT2D eigenvalue weighted by molar-refractivity contribution is 0.104. The predicted octanol–water partition coefficient (Wildman–Crippen LogP) is 3.42. The first-order valence-corrected chi connectivity index (χ1v) is 6.22. The molecular weight excluding hydrogens is 220 g/mol. The standard InChI is InChI=1S/C12H18N2OS/c1-7(2)10-8(3)13-11(14-12(10)16)9-5-4-6-15-9/h7,9H,4-6H2,1-3H3,(H,13,14,16). The minimum absolute atomic E-state index is 0.113. The van der Waals surface area contributed by atoms with Gasteiger partial charge in [-0.25, -0.2) is 4.98 Å². The van der Waals surface area contributed by atoms with Gasteiger partial charge in [0.25, 0.3) is 0 Å². The summed E-state index contributed by atoms with van der Waals surface area (Å²) in [7, 11) is 0. The van der Waals surface area contributed by atoms with E-state index >= 15 is 0 Å². The molecule has 0 amide bonds. The molecular formula is C12H18N2OS. The summed E-state index contributed by atoms with van der Waals surface area (Å²) in [5.74, 6) is 1.30. The van der Waals surface area contributed by atoms with E-state index in [1.807, 2.05) is 0 Å². The Morgan fingerprint density at radius 1 is 1.50 bits per heavy atom. The Labute approximate surface area is 101 Å². The molecule has 1 atom stereocenters. The number of H-pyrrole nitrogens is 1. The van der Waals surface area contributed by atoms with E-state index in [0.29, 0.717) is 5.92 Å². The lowest BCUT2D eigenvalue weighted by atomic mass is 10.0. The van der Waals surface area contributed by atoms with Crippen LogP contribution in [-0.2, 0) is 4.74 Å². The van der Waals surface area contributed by atoms with Crippen LogP contribution in [0.2, 0.25) is 0 Å². The average Bonchev–Trinajstić information content (AvgIpc) is 2.67. The Morgan fingerprint density at radius 2 is 2.25 bits per heavy atom. The molecule has 2 heterocycles. The molecule has 2 rings (SSSR count). The summed E-state index contributed by atoms with van der Waals surface area (Å²) >= 11 is 5.35. The highest BCUT2D eigenvalue weighted by Crippen LogP contribution is 2.27. The molecule has 88 valence electrons. The van der Waals surface area contributed by atoms with E-state index in [9.17, 15) is 0 Å². The highest BCUT2D eigenvalue weighted by atomic mass is 32.1. The number of aryl methyl sites for hydroxylation is 1. The van der Waals surface area contributed by atoms with Gasteiger partial charge in [-0.1, -0.05) is 26.1 Å². The van der Waals surface area contributed by atoms with Gasteiger partial charge in [0, 0.05) is 17.9 Å². The van der Waals surface area contributed by atoms with Crippen molar-refractivity contribution in [2.24, 2.45) is 0 Å². The van der Waals surface area contributed by atoms with Crippen LogP contribution in [0.4, 0.5) is 0 Å². The summed E-state index contributed by atoms with van der Waals surface area (Å²) < 4.78 is 6.33. The van der Waals surface area contributed by atoms with Crippen molar-refractivity contribution < 1.29 is 4.74 Å². The van der Waals surface area contributed by atoms with Crippen LogP contribution in [0.1, 0.15) is 55.8 Å². The molecule has 1 fully saturated rings. The number of aromatic amines is 1. The molecule has 1 N–H and O–H groups in total. The molecule has 1 aromatic rings. The fourth-order valence-corrected chi connectivity index (χ4v) is 2.73. The molecule has 1 saturated heterocycles. The number of ether oxygens (including phenoxy) is 1. The van der Waals surface area contributed by atoms with Crippen LogP contribution in [-0.4, -0.2) is 16.6 Å². The minimum Gasteiger partial charge on any atom is -0.370 e. The lowest BCUT2D eigenvalue weighted by Crippen LogP contribution is -2.08. The van der Waals surface area contributed by atoms with Gasteiger partial charge in [0.05, 0.1) is 0 Å². The third kappa shape index (κ3) is 2.18. The van der Waals surface area contributed by atoms with Crippen LogP contribution < -0.4 is 0 Å². The number of aromatic nitrogens is 2. The molecule has 0 radical (unpaired) electrons. The van der Waals surface area contributed by atoms with Crippen molar-refractivity contribution in [3.05, 3.63) is 21.7 Å². The van der Waals surface area contributed by atoms with Gasteiger partial charge in [-0.3, -0.25) is 0 Å². The van der Waals surface area contributed by atoms with Gasteiger partial charge in [0.15, 0.2) is 0 Å². The third-order valence-corrected chi connectivity index (χ3v) is 3.30. The van der Waals surface area contributed by atoms with Crippen molar-refractivity contribution in [3.8, 4) is 0 Å². The van der Waals surface area contributed by atoms with Crippen LogP contribution in [0.5, 0.6) is 0 Å². The summed E-state index contributed by atoms with van der Waals surface area (Å²) in [6.45, 7) is 7.17. The van der Waals surface area contributed by atoms with Crippen LogP contribution in [0.15, 0.2) is 0 Å². The van der Waals surface area contributed by atoms with Crippen molar-refractivity contribution in [1.82, 2.24) is 9.97 Å². The quantitative estimate of drug-likeness (QED) is 0.802. The summed E-state index contributed by atoms with van der Waals surface area (Å²) in [5, 5.41) is 0. The van der Waals surface area contributed by atoms with E-state index in [2.05, 4.69) is 30.7 Å². The van der Waals surface area contributed by atoms with E-state index in [0.717, 1.165) is 41.2 Å². The minimum atomic E-state index is 0.113. The first-order valence-electron chi connectivity index (χ1n) is 5.82. The molecule has 3 nitrogen and oxygen atoms in total. The maximum atomic E-state index is 5.61. The average molecular weight is 238 g/mol. The van der Waals surface area contributed by atoms with Crippen molar-refractivity contribution in [2.75, 3.05) is 6.61 Å². The largest absolute Gasteiger partial charge is 0.370 e. The Morgan fingerprint density at radius 3 is 2.75 bits per heavy atom. The van der Waals surface area contributed by atoms with Crippen molar-refractivity contribution in [3.63, 3.8) is 0 Å². The molecule has 0 spiro atoms. The predicted molar refractivity (Wildman–Crippen MR) is 66.2 cm³/mol. The molecule has 1 aliphatic rings. The van der Waals surface area contributed by atoms with E-state index in [1.165, 1.54) is 0 Å². The second kappa shape index (κ2) is 4.63. The van der Waals surface area contributed by atoms with Crippen molar-refractivity contribution in [1.29, 1.82) is 0 Å². The normalized spacial score (nSPS) is 20.6. The smallest absolute Gasteiger partial charge is 0.137 e. The number of hydrogen-bond acceptors (Lipinski definition) is 3. The van der Waals surface area contributed by atoms with Gasteiger partial charge < -0.3 is 9.72 Å². The Kier molecular flexibility index (Phi) is 3.40. The van der Waals surface area contributed by atoms with E-state index in [4.69, 9.17) is 17.0 Å². The van der Waals surface area contributed by atoms with E-state index in [-0.39, 0.29) is 6.10 Å². The van der Waals surface area contributed by atoms with Gasteiger partial charge >= 0.3 is 0 Å². The summed E-state index contributed by atoms with van der Waals surface area (Å²) in [6.07, 6.45) is 2.26. The van der Waals surface area contributed by atoms with Crippen molar-refractivity contribution in [2.45, 2.75) is 45.6 Å². The zero-order valence-electron chi connectivity index (χ0n) is 10.0. The zero-order valence-corrected chi connectivity index (χ0v) is 10.9. The molecule has 0 saturated carbocycles. The molecule has 1 aliphatic heterocycles. The van der Waals surface area contributed by atoms with Gasteiger partial charge in [-0.05, 0) is 25.7 Å². The fourth-order valence-electron chi connectivity index (χ4n) is 2.24. The highest BCUT2D eigenvalue weighted by molar-refractivity contribution is 7.71. The van der Waals surface area contributed by atoms with Crippen LogP contribution in [0, 0.1) is 11.6 Å². The van der Waals surface area contributed by atoms with Gasteiger partial charge in [-0.2, -0.15) is 0 Å². The monoisotopic (exact) mass is 238 g/mol. The lowest BCUT2D eigenvalue weighted by Gasteiger charge is -2.14. The fraction of sp³-hybridized carbons (Fsp3) is 0.667. The first-order chi connectivity index (χ1) is 7.59. The Hall–Kier alpha value is -0.740. The maximum Gasteiger partial charge on any atom is 0.137 e. The van der Waals surface area contributed by atoms with Gasteiger partial charge in [0.2, 0.25) is 0 Å². The van der Waals surface area contributed by atoms with Crippen LogP contribution in [0.3, 0.4) is 0 Å². The molecule has 0 aromatic carbocycles. The topological polar surface area (TPSA) is 37.9 Å². The molecule has 1 aromatic heterocycles. The van der Waals surface area contributed by atoms with Gasteiger partial charge in [-0.15, -0.1) is 0 Å². The third-order valence-electron chi connectivity index (χ3n) is 2.98. The molecule has 0 aliphatic carbocycles. The first kappa shape index (κ1) is 11.7. The molecule has 0 bridgehead atoms. The van der Waals surface area contributed by atoms with Crippen molar-refractivity contribution >= 4 is 12.2 Å². The van der Waals surface area contributed by atoms with Crippen LogP contribution in [0.25, 0.3) is 0 Å². The Bertz CT molecular complexity index is 433. The summed E-state index contributed by atoms with van der Waals surface area (Å²) in [4.78, 5) is 7.81. The van der Waals surface area contributed by atoms with Gasteiger partial charge in [0.1, 0.15) is 16.6 Å². The maximum absolute atomic E-state index is 5.61. The molecule has 1 unspecified atom stereocenters. The second-order valence-corrected chi connectivity index (χ2v) is 5.01. The summed E-state index contributed by atoms with van der Waals surface area (Å²) in [6, 6.07) is 0. The van der Waals surface area contributed by atoms with Crippen LogP contribution >= 0.6 is 12.2 Å². The SMILES string of the molecule is Cc1[nH]c(C2CCCO2)nc(=S)c1C(C)C. The zero-order chi connectivity index (χ0) is 11.7. The second-order valence-electron chi connectivity index (χ2n) is 4.62. The van der Waals surface area contributed by atoms with E-state index in [1.54, 1.807) is 0 Å². The Balaban J connectivity index is 2.40.